The Morgan fingerprint density at radius 2 is 2.00 bits per heavy atom. The number of thioether (sulfide) groups is 1. The van der Waals surface area contributed by atoms with E-state index in [0.29, 0.717) is 0 Å². The van der Waals surface area contributed by atoms with E-state index in [0.717, 1.165) is 53.3 Å². The van der Waals surface area contributed by atoms with Gasteiger partial charge in [-0.05, 0) is 61.0 Å². The van der Waals surface area contributed by atoms with Crippen molar-refractivity contribution in [3.8, 4) is 6.07 Å². The lowest BCUT2D eigenvalue weighted by atomic mass is 9.79. The third-order valence-corrected chi connectivity index (χ3v) is 7.48. The summed E-state index contributed by atoms with van der Waals surface area (Å²) in [6.45, 7) is 1.12. The van der Waals surface area contributed by atoms with Gasteiger partial charge in [0.2, 0.25) is 0 Å². The summed E-state index contributed by atoms with van der Waals surface area (Å²) in [5.41, 5.74) is 2.00. The maximum absolute atomic E-state index is 9.13. The van der Waals surface area contributed by atoms with Gasteiger partial charge in [-0.25, -0.2) is 0 Å². The van der Waals surface area contributed by atoms with Gasteiger partial charge in [-0.1, -0.05) is 24.6 Å². The molecule has 3 fully saturated rings. The highest BCUT2D eigenvalue weighted by atomic mass is 32.2. The molecule has 0 heterocycles. The fraction of sp³-hybridized carbons (Fsp3) is 0.650. The van der Waals surface area contributed by atoms with Crippen molar-refractivity contribution in [2.45, 2.75) is 43.9 Å². The molecule has 0 spiro atoms. The Labute approximate surface area is 144 Å². The summed E-state index contributed by atoms with van der Waals surface area (Å²) >= 11 is 1.95. The van der Waals surface area contributed by atoms with Gasteiger partial charge >= 0.3 is 0 Å². The number of hydrogen-bond donors (Lipinski definition) is 1. The molecule has 0 unspecified atom stereocenters. The van der Waals surface area contributed by atoms with Crippen LogP contribution in [0.15, 0.2) is 24.3 Å². The summed E-state index contributed by atoms with van der Waals surface area (Å²) in [7, 11) is 0. The molecule has 0 saturated heterocycles. The number of hydrogen-bond acceptors (Lipinski definition) is 3. The number of fused-ring (bicyclic) bond motifs is 5. The van der Waals surface area contributed by atoms with Crippen molar-refractivity contribution in [1.82, 2.24) is 5.32 Å². The number of nitrogens with one attached hydrogen (secondary N) is 1. The second-order valence-electron chi connectivity index (χ2n) is 7.54. The molecule has 3 aliphatic carbocycles. The van der Waals surface area contributed by atoms with Gasteiger partial charge in [-0.3, -0.25) is 0 Å². The highest BCUT2D eigenvalue weighted by Gasteiger charge is 2.53. The Kier molecular flexibility index (Phi) is 4.64. The first kappa shape index (κ1) is 15.5. The van der Waals surface area contributed by atoms with Gasteiger partial charge in [-0.2, -0.15) is 17.0 Å². The fourth-order valence-electron chi connectivity index (χ4n) is 5.56. The summed E-state index contributed by atoms with van der Waals surface area (Å²) in [4.78, 5) is 0. The summed E-state index contributed by atoms with van der Waals surface area (Å²) < 4.78 is 0. The quantitative estimate of drug-likeness (QED) is 0.796. The van der Waals surface area contributed by atoms with E-state index >= 15 is 0 Å². The van der Waals surface area contributed by atoms with Crippen LogP contribution in [-0.4, -0.2) is 18.3 Å². The smallest absolute Gasteiger partial charge is 0.0994 e. The molecular formula is C20H26N2S. The van der Waals surface area contributed by atoms with Gasteiger partial charge < -0.3 is 5.32 Å². The van der Waals surface area contributed by atoms with Crippen molar-refractivity contribution in [2.75, 3.05) is 12.3 Å². The first-order valence-corrected chi connectivity index (χ1v) is 10.3. The van der Waals surface area contributed by atoms with Crippen LogP contribution in [0.25, 0.3) is 0 Å². The molecule has 23 heavy (non-hydrogen) atoms. The van der Waals surface area contributed by atoms with E-state index in [1.165, 1.54) is 37.7 Å². The van der Waals surface area contributed by atoms with Crippen LogP contribution in [0.3, 0.4) is 0 Å². The van der Waals surface area contributed by atoms with Crippen LogP contribution in [0.2, 0.25) is 0 Å². The minimum Gasteiger partial charge on any atom is -0.313 e. The Morgan fingerprint density at radius 3 is 2.91 bits per heavy atom. The van der Waals surface area contributed by atoms with Gasteiger partial charge in [-0.15, -0.1) is 0 Å². The van der Waals surface area contributed by atoms with E-state index in [2.05, 4.69) is 17.5 Å². The average Bonchev–Trinajstić information content (AvgIpc) is 3.27. The Morgan fingerprint density at radius 1 is 1.13 bits per heavy atom. The minimum atomic E-state index is 0.798. The zero-order valence-electron chi connectivity index (χ0n) is 13.7. The van der Waals surface area contributed by atoms with Crippen molar-refractivity contribution < 1.29 is 0 Å². The molecule has 1 N–H and O–H groups in total. The topological polar surface area (TPSA) is 35.8 Å². The van der Waals surface area contributed by atoms with Gasteiger partial charge in [0.05, 0.1) is 11.6 Å². The monoisotopic (exact) mass is 326 g/mol. The summed E-state index contributed by atoms with van der Waals surface area (Å²) in [6, 6.07) is 11.1. The molecule has 4 rings (SSSR count). The van der Waals surface area contributed by atoms with Crippen molar-refractivity contribution in [1.29, 1.82) is 5.26 Å². The third-order valence-electron chi connectivity index (χ3n) is 6.48. The Balaban J connectivity index is 1.19. The maximum atomic E-state index is 9.13. The van der Waals surface area contributed by atoms with Crippen molar-refractivity contribution >= 4 is 11.8 Å². The van der Waals surface area contributed by atoms with Gasteiger partial charge in [0.1, 0.15) is 0 Å². The lowest BCUT2D eigenvalue weighted by Crippen LogP contribution is -2.40. The molecule has 0 radical (unpaired) electrons. The highest BCUT2D eigenvalue weighted by molar-refractivity contribution is 7.98. The van der Waals surface area contributed by atoms with Crippen LogP contribution in [0, 0.1) is 35.0 Å². The predicted octanol–water partition coefficient (Wildman–Crippen LogP) is 4.21. The van der Waals surface area contributed by atoms with E-state index in [1.54, 1.807) is 0 Å². The number of nitriles is 1. The molecule has 2 nitrogen and oxygen atoms in total. The molecule has 3 heteroatoms. The van der Waals surface area contributed by atoms with Crippen LogP contribution >= 0.6 is 11.8 Å². The second-order valence-corrected chi connectivity index (χ2v) is 8.64. The van der Waals surface area contributed by atoms with E-state index in [1.807, 2.05) is 30.0 Å². The Bertz CT molecular complexity index is 594. The summed E-state index contributed by atoms with van der Waals surface area (Å²) in [6.07, 6.45) is 7.46. The number of benzene rings is 1. The standard InChI is InChI=1S/C20H26N2S/c21-12-14-4-1-2-5-15(14)13-23-9-8-22-20-11-16-10-19(20)18-7-3-6-17(16)18/h1-2,4-5,16-20,22H,3,6-11,13H2/t16-,17-,18+,19+,20-/m1/s1. The fourth-order valence-corrected chi connectivity index (χ4v) is 6.43. The molecule has 5 atom stereocenters. The van der Waals surface area contributed by atoms with Gasteiger partial charge in [0, 0.05) is 24.1 Å². The van der Waals surface area contributed by atoms with Crippen LogP contribution in [-0.2, 0) is 5.75 Å². The molecule has 3 saturated carbocycles. The third kappa shape index (κ3) is 3.04. The van der Waals surface area contributed by atoms with Crippen LogP contribution in [0.5, 0.6) is 0 Å². The Hall–Kier alpha value is -0.980. The van der Waals surface area contributed by atoms with Crippen molar-refractivity contribution in [2.24, 2.45) is 23.7 Å². The van der Waals surface area contributed by atoms with E-state index < -0.39 is 0 Å². The summed E-state index contributed by atoms with van der Waals surface area (Å²) in [5, 5.41) is 13.0. The average molecular weight is 327 g/mol. The van der Waals surface area contributed by atoms with E-state index in [-0.39, 0.29) is 0 Å². The lowest BCUT2D eigenvalue weighted by Gasteiger charge is -2.32. The molecule has 0 aliphatic heterocycles. The molecule has 1 aromatic rings. The maximum Gasteiger partial charge on any atom is 0.0994 e. The van der Waals surface area contributed by atoms with Crippen LogP contribution in [0.1, 0.15) is 43.2 Å². The van der Waals surface area contributed by atoms with Crippen molar-refractivity contribution in [3.05, 3.63) is 35.4 Å². The number of nitrogens with zero attached hydrogens (tertiary/aromatic N) is 1. The molecule has 122 valence electrons. The molecule has 0 aromatic heterocycles. The van der Waals surface area contributed by atoms with E-state index in [9.17, 15) is 0 Å². The molecule has 2 bridgehead atoms. The first-order chi connectivity index (χ1) is 11.4. The summed E-state index contributed by atoms with van der Waals surface area (Å²) in [5.74, 6) is 6.27. The van der Waals surface area contributed by atoms with E-state index in [4.69, 9.17) is 5.26 Å². The SMILES string of the molecule is N#Cc1ccccc1CSCCN[C@@H]1C[C@H]2C[C@H]1[C@H]1CCC[C@H]21. The largest absolute Gasteiger partial charge is 0.313 e. The zero-order chi connectivity index (χ0) is 15.6. The molecule has 3 aliphatic rings. The minimum absolute atomic E-state index is 0.798. The molecule has 1 aromatic carbocycles. The normalized spacial score (nSPS) is 34.5. The lowest BCUT2D eigenvalue weighted by molar-refractivity contribution is 0.211. The zero-order valence-corrected chi connectivity index (χ0v) is 14.5. The van der Waals surface area contributed by atoms with Crippen molar-refractivity contribution in [3.63, 3.8) is 0 Å². The van der Waals surface area contributed by atoms with Gasteiger partial charge in [0.25, 0.3) is 0 Å². The molecular weight excluding hydrogens is 300 g/mol. The van der Waals surface area contributed by atoms with Gasteiger partial charge in [0.15, 0.2) is 0 Å². The van der Waals surface area contributed by atoms with Crippen LogP contribution in [0.4, 0.5) is 0 Å². The second kappa shape index (κ2) is 6.87. The molecule has 0 amide bonds. The first-order valence-electron chi connectivity index (χ1n) is 9.16. The van der Waals surface area contributed by atoms with Crippen LogP contribution < -0.4 is 5.32 Å². The highest BCUT2D eigenvalue weighted by Crippen LogP contribution is 2.58. The number of rotatable bonds is 6. The predicted molar refractivity (Wildman–Crippen MR) is 96.2 cm³/mol.